The van der Waals surface area contributed by atoms with E-state index in [1.54, 1.807) is 5.57 Å². The van der Waals surface area contributed by atoms with E-state index in [9.17, 15) is 5.11 Å². The van der Waals surface area contributed by atoms with Gasteiger partial charge >= 0.3 is 0 Å². The Hall–Kier alpha value is -0.560. The average Bonchev–Trinajstić information content (AvgIpc) is 3.06. The third-order valence-corrected chi connectivity index (χ3v) is 10.8. The summed E-state index contributed by atoms with van der Waals surface area (Å²) in [4.78, 5) is 0. The molecule has 1 nitrogen and oxygen atoms in total. The average molecular weight is 413 g/mol. The first-order chi connectivity index (χ1) is 14.2. The van der Waals surface area contributed by atoms with Crippen molar-refractivity contribution in [2.45, 2.75) is 105 Å². The van der Waals surface area contributed by atoms with E-state index in [1.807, 2.05) is 0 Å². The molecule has 3 saturated carbocycles. The van der Waals surface area contributed by atoms with Gasteiger partial charge in [0.05, 0.1) is 6.10 Å². The van der Waals surface area contributed by atoms with Crippen LogP contribution in [0.3, 0.4) is 0 Å². The highest BCUT2D eigenvalue weighted by Crippen LogP contribution is 2.67. The van der Waals surface area contributed by atoms with Crippen LogP contribution in [0, 0.1) is 52.3 Å². The number of aliphatic hydroxyl groups is 1. The SMILES string of the molecule is CCC(/C=C/C(C)C1CCC2C3CC=C4C[C@@H](O)CC[C@]4(C)C3CC[C@]12C)C(C)C. The summed E-state index contributed by atoms with van der Waals surface area (Å²) in [6.45, 7) is 14.8. The van der Waals surface area contributed by atoms with Crippen LogP contribution in [-0.2, 0) is 0 Å². The van der Waals surface area contributed by atoms with Gasteiger partial charge in [0.15, 0.2) is 0 Å². The van der Waals surface area contributed by atoms with E-state index in [-0.39, 0.29) is 6.10 Å². The van der Waals surface area contributed by atoms with Gasteiger partial charge in [-0.3, -0.25) is 0 Å². The summed E-state index contributed by atoms with van der Waals surface area (Å²) in [5.74, 6) is 5.70. The number of aliphatic hydroxyl groups excluding tert-OH is 1. The number of hydrogen-bond acceptors (Lipinski definition) is 1. The van der Waals surface area contributed by atoms with Gasteiger partial charge in [0.1, 0.15) is 0 Å². The molecule has 1 heteroatoms. The molecule has 0 aromatic heterocycles. The lowest BCUT2D eigenvalue weighted by Crippen LogP contribution is -2.50. The Morgan fingerprint density at radius 1 is 1.03 bits per heavy atom. The van der Waals surface area contributed by atoms with E-state index in [4.69, 9.17) is 0 Å². The van der Waals surface area contributed by atoms with E-state index in [1.165, 1.54) is 44.9 Å². The minimum atomic E-state index is -0.0870. The van der Waals surface area contributed by atoms with Crippen LogP contribution in [0.5, 0.6) is 0 Å². The molecule has 6 unspecified atom stereocenters. The highest BCUT2D eigenvalue weighted by atomic mass is 16.3. The fraction of sp³-hybridized carbons (Fsp3) is 0.862. The maximum atomic E-state index is 10.2. The monoisotopic (exact) mass is 412 g/mol. The van der Waals surface area contributed by atoms with Crippen LogP contribution in [0.15, 0.2) is 23.8 Å². The summed E-state index contributed by atoms with van der Waals surface area (Å²) in [7, 11) is 0. The smallest absolute Gasteiger partial charge is 0.0577 e. The van der Waals surface area contributed by atoms with Gasteiger partial charge in [-0.15, -0.1) is 0 Å². The quantitative estimate of drug-likeness (QED) is 0.457. The summed E-state index contributed by atoms with van der Waals surface area (Å²) >= 11 is 0. The molecule has 0 saturated heterocycles. The molecule has 3 fully saturated rings. The van der Waals surface area contributed by atoms with Crippen LogP contribution < -0.4 is 0 Å². The largest absolute Gasteiger partial charge is 0.393 e. The first-order valence-electron chi connectivity index (χ1n) is 13.3. The minimum absolute atomic E-state index is 0.0870. The molecule has 4 aliphatic carbocycles. The molecule has 0 amide bonds. The standard InChI is InChI=1S/C29H48O/c1-7-21(19(2)3)9-8-20(4)25-12-13-26-24-11-10-22-18-23(30)14-16-28(22,5)27(24)15-17-29(25,26)6/h8-10,19-21,23-27,30H,7,11-18H2,1-6H3/b9-8+/t20?,21?,23-,24?,25?,26?,27?,28-,29+/m0/s1. The predicted molar refractivity (Wildman–Crippen MR) is 128 cm³/mol. The Kier molecular flexibility index (Phi) is 6.35. The van der Waals surface area contributed by atoms with E-state index in [0.29, 0.717) is 16.7 Å². The topological polar surface area (TPSA) is 20.2 Å². The number of fused-ring (bicyclic) bond motifs is 5. The van der Waals surface area contributed by atoms with Crippen molar-refractivity contribution < 1.29 is 5.11 Å². The van der Waals surface area contributed by atoms with E-state index >= 15 is 0 Å². The zero-order valence-electron chi connectivity index (χ0n) is 20.7. The van der Waals surface area contributed by atoms with Crippen LogP contribution >= 0.6 is 0 Å². The Morgan fingerprint density at radius 2 is 1.80 bits per heavy atom. The van der Waals surface area contributed by atoms with Crippen molar-refractivity contribution in [3.8, 4) is 0 Å². The molecule has 0 aromatic rings. The van der Waals surface area contributed by atoms with Gasteiger partial charge in [-0.25, -0.2) is 0 Å². The minimum Gasteiger partial charge on any atom is -0.393 e. The second kappa shape index (κ2) is 8.42. The van der Waals surface area contributed by atoms with Crippen LogP contribution in [0.25, 0.3) is 0 Å². The van der Waals surface area contributed by atoms with Gasteiger partial charge in [-0.1, -0.05) is 65.3 Å². The summed E-state index contributed by atoms with van der Waals surface area (Å²) in [6, 6.07) is 0. The van der Waals surface area contributed by atoms with Gasteiger partial charge < -0.3 is 5.11 Å². The number of hydrogen-bond donors (Lipinski definition) is 1. The van der Waals surface area contributed by atoms with Crippen LogP contribution in [0.2, 0.25) is 0 Å². The summed E-state index contributed by atoms with van der Waals surface area (Å²) in [5.41, 5.74) is 2.51. The summed E-state index contributed by atoms with van der Waals surface area (Å²) < 4.78 is 0. The van der Waals surface area contributed by atoms with Gasteiger partial charge in [-0.05, 0) is 110 Å². The molecule has 4 rings (SSSR count). The molecule has 0 heterocycles. The lowest BCUT2D eigenvalue weighted by atomic mass is 9.47. The van der Waals surface area contributed by atoms with Crippen molar-refractivity contribution in [2.24, 2.45) is 52.3 Å². The summed E-state index contributed by atoms with van der Waals surface area (Å²) in [6.07, 6.45) is 19.1. The van der Waals surface area contributed by atoms with E-state index in [0.717, 1.165) is 48.3 Å². The fourth-order valence-electron chi connectivity index (χ4n) is 8.83. The highest BCUT2D eigenvalue weighted by molar-refractivity contribution is 5.25. The van der Waals surface area contributed by atoms with Crippen molar-refractivity contribution in [1.29, 1.82) is 0 Å². The first kappa shape index (κ1) is 22.6. The zero-order chi connectivity index (χ0) is 21.7. The molecule has 9 atom stereocenters. The molecule has 30 heavy (non-hydrogen) atoms. The van der Waals surface area contributed by atoms with Crippen molar-refractivity contribution in [3.05, 3.63) is 23.8 Å². The van der Waals surface area contributed by atoms with Gasteiger partial charge in [-0.2, -0.15) is 0 Å². The normalized spacial score (nSPS) is 45.6. The molecule has 0 aromatic carbocycles. The molecule has 1 N–H and O–H groups in total. The highest BCUT2D eigenvalue weighted by Gasteiger charge is 2.58. The number of allylic oxidation sites excluding steroid dienone is 3. The van der Waals surface area contributed by atoms with Crippen LogP contribution in [0.1, 0.15) is 99.3 Å². The Morgan fingerprint density at radius 3 is 2.50 bits per heavy atom. The Bertz CT molecular complexity index is 674. The van der Waals surface area contributed by atoms with Gasteiger partial charge in [0, 0.05) is 0 Å². The van der Waals surface area contributed by atoms with Gasteiger partial charge in [0.25, 0.3) is 0 Å². The second-order valence-corrected chi connectivity index (χ2v) is 12.4. The molecular formula is C29H48O. The fourth-order valence-corrected chi connectivity index (χ4v) is 8.83. The molecule has 0 bridgehead atoms. The predicted octanol–water partition coefficient (Wildman–Crippen LogP) is 7.80. The van der Waals surface area contributed by atoms with Crippen molar-refractivity contribution in [1.82, 2.24) is 0 Å². The van der Waals surface area contributed by atoms with Crippen molar-refractivity contribution >= 4 is 0 Å². The maximum Gasteiger partial charge on any atom is 0.0577 e. The Balaban J connectivity index is 1.52. The lowest BCUT2D eigenvalue weighted by molar-refractivity contribution is -0.0540. The molecule has 0 spiro atoms. The molecule has 170 valence electrons. The van der Waals surface area contributed by atoms with Crippen LogP contribution in [0.4, 0.5) is 0 Å². The molecular weight excluding hydrogens is 364 g/mol. The van der Waals surface area contributed by atoms with Crippen LogP contribution in [-0.4, -0.2) is 11.2 Å². The number of rotatable bonds is 5. The van der Waals surface area contributed by atoms with Gasteiger partial charge in [0.2, 0.25) is 0 Å². The Labute approximate surface area is 186 Å². The van der Waals surface area contributed by atoms with Crippen molar-refractivity contribution in [3.63, 3.8) is 0 Å². The molecule has 0 radical (unpaired) electrons. The van der Waals surface area contributed by atoms with E-state index in [2.05, 4.69) is 59.8 Å². The maximum absolute atomic E-state index is 10.2. The molecule has 4 aliphatic rings. The first-order valence-corrected chi connectivity index (χ1v) is 13.3. The third-order valence-electron chi connectivity index (χ3n) is 10.8. The lowest BCUT2D eigenvalue weighted by Gasteiger charge is -2.58. The molecule has 0 aliphatic heterocycles. The van der Waals surface area contributed by atoms with Crippen molar-refractivity contribution in [2.75, 3.05) is 0 Å². The third kappa shape index (κ3) is 3.66. The summed E-state index contributed by atoms with van der Waals surface area (Å²) in [5, 5.41) is 10.2. The second-order valence-electron chi connectivity index (χ2n) is 12.4. The zero-order valence-corrected chi connectivity index (χ0v) is 20.7. The van der Waals surface area contributed by atoms with E-state index < -0.39 is 0 Å².